The predicted molar refractivity (Wildman–Crippen MR) is 202 cm³/mol. The number of anilines is 1. The molecule has 55 heavy (non-hydrogen) atoms. The number of nitrogens with one attached hydrogen (secondary N) is 4. The van der Waals surface area contributed by atoms with Crippen molar-refractivity contribution in [2.45, 2.75) is 64.5 Å². The summed E-state index contributed by atoms with van der Waals surface area (Å²) in [6.07, 6.45) is -2.91. The Balaban J connectivity index is 1.17. The fraction of sp³-hybridized carbons (Fsp3) is 0.526. The zero-order valence-corrected chi connectivity index (χ0v) is 32.1. The average molecular weight is 789 g/mol. The fourth-order valence-electron chi connectivity index (χ4n) is 7.66. The molecule has 6 rings (SSSR count). The summed E-state index contributed by atoms with van der Waals surface area (Å²) in [5.41, 5.74) is 1.78. The van der Waals surface area contributed by atoms with Gasteiger partial charge in [0.1, 0.15) is 28.5 Å². The number of ether oxygens (including phenoxy) is 2. The van der Waals surface area contributed by atoms with Crippen LogP contribution in [0.1, 0.15) is 51.9 Å². The van der Waals surface area contributed by atoms with E-state index in [0.29, 0.717) is 54.7 Å². The highest BCUT2D eigenvalue weighted by Gasteiger charge is 2.40. The average Bonchev–Trinajstić information content (AvgIpc) is 3.75. The van der Waals surface area contributed by atoms with Gasteiger partial charge in [0.25, 0.3) is 0 Å². The molecule has 3 atom stereocenters. The molecule has 0 bridgehead atoms. The number of halogens is 4. The van der Waals surface area contributed by atoms with Gasteiger partial charge in [0, 0.05) is 61.6 Å². The Bertz CT molecular complexity index is 1830. The molecule has 2 aromatic carbocycles. The first-order valence-electron chi connectivity index (χ1n) is 18.6. The zero-order chi connectivity index (χ0) is 39.4. The Morgan fingerprint density at radius 3 is 2.31 bits per heavy atom. The van der Waals surface area contributed by atoms with Crippen LogP contribution in [-0.2, 0) is 9.53 Å². The Morgan fingerprint density at radius 2 is 1.67 bits per heavy atom. The number of rotatable bonds is 9. The summed E-state index contributed by atoms with van der Waals surface area (Å²) in [6, 6.07) is 9.73. The lowest BCUT2D eigenvalue weighted by atomic mass is 10.0. The zero-order valence-electron chi connectivity index (χ0n) is 31.3. The first kappa shape index (κ1) is 40.1. The van der Waals surface area contributed by atoms with Crippen molar-refractivity contribution < 1.29 is 37.0 Å². The number of carbonyl (C=O) groups excluding carboxylic acids is 3. The number of aromatic nitrogens is 2. The third-order valence-corrected chi connectivity index (χ3v) is 10.8. The fourth-order valence-corrected chi connectivity index (χ4v) is 7.91. The van der Waals surface area contributed by atoms with E-state index >= 15 is 0 Å². The molecule has 3 aromatic rings. The number of urea groups is 1. The van der Waals surface area contributed by atoms with E-state index in [1.807, 2.05) is 20.8 Å². The van der Waals surface area contributed by atoms with E-state index in [1.54, 1.807) is 40.1 Å². The van der Waals surface area contributed by atoms with Crippen LogP contribution in [0.4, 0.5) is 28.4 Å². The molecule has 0 aliphatic carbocycles. The number of methoxy groups -OCH3 is 1. The van der Waals surface area contributed by atoms with Gasteiger partial charge in [0.05, 0.1) is 13.2 Å². The molecule has 4 N–H and O–H groups in total. The smallest absolute Gasteiger partial charge is 0.453 e. The van der Waals surface area contributed by atoms with Gasteiger partial charge in [-0.05, 0) is 61.9 Å². The second-order valence-corrected chi connectivity index (χ2v) is 15.1. The molecular formula is C38H48ClF3N8O5. The molecule has 4 heterocycles. The van der Waals surface area contributed by atoms with Crippen LogP contribution in [0.2, 0.25) is 5.15 Å². The van der Waals surface area contributed by atoms with E-state index < -0.39 is 30.3 Å². The lowest BCUT2D eigenvalue weighted by Crippen LogP contribution is -2.54. The van der Waals surface area contributed by atoms with Gasteiger partial charge in [-0.3, -0.25) is 9.69 Å². The summed E-state index contributed by atoms with van der Waals surface area (Å²) >= 11 is 6.65. The van der Waals surface area contributed by atoms with Gasteiger partial charge in [0.15, 0.2) is 0 Å². The first-order valence-corrected chi connectivity index (χ1v) is 19.0. The highest BCUT2D eigenvalue weighted by atomic mass is 35.5. The van der Waals surface area contributed by atoms with Gasteiger partial charge < -0.3 is 40.2 Å². The van der Waals surface area contributed by atoms with Crippen LogP contribution in [0.15, 0.2) is 42.5 Å². The standard InChI is InChI=1S/C38H48ClF3N8O5/c1-22(2)31(46-37(53)54-4)35(51)50-21-23(3)19-29(50)34-45-32(33(39)47-34)25-7-5-24(6-8-25)28-10-9-26(20-30(28)55-38(40,41)42)44-36(52)49-17-15-48(16-18-49)27-11-13-43-14-12-27/h5-10,20,22-23,27,29,31,43H,11-19,21H2,1-4H3,(H,44,52)(H,45,47)(H,46,53)/t23-,29-,31-/m0/s1. The van der Waals surface area contributed by atoms with Crippen molar-refractivity contribution >= 4 is 35.3 Å². The number of alkyl halides is 3. The molecule has 13 nitrogen and oxygen atoms in total. The number of benzene rings is 2. The summed E-state index contributed by atoms with van der Waals surface area (Å²) in [5.74, 6) is -0.301. The first-order chi connectivity index (χ1) is 26.2. The molecule has 3 aliphatic rings. The van der Waals surface area contributed by atoms with Crippen LogP contribution in [0.3, 0.4) is 0 Å². The number of hydrogen-bond donors (Lipinski definition) is 4. The highest BCUT2D eigenvalue weighted by Crippen LogP contribution is 2.40. The van der Waals surface area contributed by atoms with Crippen molar-refractivity contribution in [3.05, 3.63) is 53.4 Å². The van der Waals surface area contributed by atoms with E-state index in [0.717, 1.165) is 39.0 Å². The van der Waals surface area contributed by atoms with Crippen LogP contribution in [0, 0.1) is 11.8 Å². The van der Waals surface area contributed by atoms with E-state index in [9.17, 15) is 27.6 Å². The molecule has 1 aromatic heterocycles. The van der Waals surface area contributed by atoms with E-state index in [2.05, 4.69) is 30.6 Å². The summed E-state index contributed by atoms with van der Waals surface area (Å²) in [6.45, 7) is 10.7. The minimum absolute atomic E-state index is 0.152. The van der Waals surface area contributed by atoms with Crippen LogP contribution in [0.5, 0.6) is 5.75 Å². The SMILES string of the molecule is COC(=O)N[C@H](C(=O)N1C[C@@H](C)C[C@H]1c1nc(-c2ccc(-c3ccc(NC(=O)N4CCN(C5CCNCC5)CC4)cc3OC(F)(F)F)cc2)c(Cl)[nH]1)C(C)C. The maximum atomic E-state index is 13.7. The molecule has 0 spiro atoms. The van der Waals surface area contributed by atoms with E-state index in [-0.39, 0.29) is 40.2 Å². The predicted octanol–water partition coefficient (Wildman–Crippen LogP) is 6.49. The van der Waals surface area contributed by atoms with Gasteiger partial charge in [0.2, 0.25) is 5.91 Å². The molecule has 3 fully saturated rings. The van der Waals surface area contributed by atoms with Crippen molar-refractivity contribution in [2.75, 3.05) is 58.2 Å². The number of amides is 4. The maximum absolute atomic E-state index is 13.7. The summed E-state index contributed by atoms with van der Waals surface area (Å²) in [5, 5.41) is 8.98. The summed E-state index contributed by atoms with van der Waals surface area (Å²) in [4.78, 5) is 52.5. The maximum Gasteiger partial charge on any atom is 0.573 e. The van der Waals surface area contributed by atoms with Crippen molar-refractivity contribution in [3.63, 3.8) is 0 Å². The van der Waals surface area contributed by atoms with Gasteiger partial charge in [-0.15, -0.1) is 13.2 Å². The Kier molecular flexibility index (Phi) is 12.5. The molecule has 298 valence electrons. The van der Waals surface area contributed by atoms with Crippen molar-refractivity contribution in [2.24, 2.45) is 11.8 Å². The Hall–Kier alpha value is -4.54. The number of hydrogen-bond acceptors (Lipinski definition) is 8. The highest BCUT2D eigenvalue weighted by molar-refractivity contribution is 6.31. The number of likely N-dealkylation sites (tertiary alicyclic amines) is 1. The summed E-state index contributed by atoms with van der Waals surface area (Å²) in [7, 11) is 1.24. The Morgan fingerprint density at radius 1 is 1.00 bits per heavy atom. The number of aromatic amines is 1. The number of piperazine rings is 1. The molecule has 0 unspecified atom stereocenters. The summed E-state index contributed by atoms with van der Waals surface area (Å²) < 4.78 is 50.1. The molecule has 3 saturated heterocycles. The largest absolute Gasteiger partial charge is 0.573 e. The second-order valence-electron chi connectivity index (χ2n) is 14.8. The molecule has 0 saturated carbocycles. The van der Waals surface area contributed by atoms with Crippen LogP contribution >= 0.6 is 11.6 Å². The van der Waals surface area contributed by atoms with Crippen LogP contribution in [-0.4, -0.2) is 114 Å². The number of alkyl carbamates (subject to hydrolysis) is 1. The molecular weight excluding hydrogens is 741 g/mol. The quantitative estimate of drug-likeness (QED) is 0.193. The molecule has 4 amide bonds. The minimum atomic E-state index is -4.97. The number of nitrogens with zero attached hydrogens (tertiary/aromatic N) is 4. The number of piperidine rings is 1. The van der Waals surface area contributed by atoms with Gasteiger partial charge in [-0.25, -0.2) is 14.6 Å². The third-order valence-electron chi connectivity index (χ3n) is 10.5. The lowest BCUT2D eigenvalue weighted by Gasteiger charge is -2.40. The number of carbonyl (C=O) groups is 3. The van der Waals surface area contributed by atoms with Gasteiger partial charge >= 0.3 is 18.5 Å². The van der Waals surface area contributed by atoms with E-state index in [1.165, 1.54) is 19.2 Å². The third kappa shape index (κ3) is 9.65. The van der Waals surface area contributed by atoms with Gasteiger partial charge in [-0.2, -0.15) is 0 Å². The Labute approximate surface area is 323 Å². The van der Waals surface area contributed by atoms with E-state index in [4.69, 9.17) is 21.3 Å². The topological polar surface area (TPSA) is 144 Å². The van der Waals surface area contributed by atoms with Crippen LogP contribution in [0.25, 0.3) is 22.4 Å². The minimum Gasteiger partial charge on any atom is -0.453 e. The molecule has 0 radical (unpaired) electrons. The molecule has 17 heteroatoms. The molecule has 3 aliphatic heterocycles. The number of H-pyrrole nitrogens is 1. The normalized spacial score (nSPS) is 20.4. The monoisotopic (exact) mass is 788 g/mol. The van der Waals surface area contributed by atoms with Crippen molar-refractivity contribution in [1.29, 1.82) is 0 Å². The second kappa shape index (κ2) is 17.1. The number of imidazole rings is 1. The van der Waals surface area contributed by atoms with Crippen molar-refractivity contribution in [1.82, 2.24) is 35.3 Å². The van der Waals surface area contributed by atoms with Crippen molar-refractivity contribution in [3.8, 4) is 28.1 Å². The van der Waals surface area contributed by atoms with Gasteiger partial charge in [-0.1, -0.05) is 56.6 Å². The lowest BCUT2D eigenvalue weighted by molar-refractivity contribution is -0.274. The van der Waals surface area contributed by atoms with Crippen LogP contribution < -0.4 is 20.7 Å².